The molecule has 0 aromatic carbocycles. The fourth-order valence-corrected chi connectivity index (χ4v) is 0.444. The highest BCUT2D eigenvalue weighted by Crippen LogP contribution is 1.84. The molecule has 51 valence electrons. The number of esters is 1. The van der Waals surface area contributed by atoms with Crippen LogP contribution in [0.5, 0.6) is 0 Å². The zero-order valence-corrected chi connectivity index (χ0v) is 6.60. The Bertz CT molecular complexity index is 97.0. The highest BCUT2D eigenvalue weighted by atomic mass is 28.2. The summed E-state index contributed by atoms with van der Waals surface area (Å²) in [6.45, 7) is 3.92. The lowest BCUT2D eigenvalue weighted by Crippen LogP contribution is -2.33. The van der Waals surface area contributed by atoms with Gasteiger partial charge in [0.05, 0.1) is 12.6 Å². The molecule has 0 rings (SSSR count). The second-order valence-electron chi connectivity index (χ2n) is 1.62. The molecule has 0 bridgehead atoms. The lowest BCUT2D eigenvalue weighted by Gasteiger charge is -2.07. The van der Waals surface area contributed by atoms with Crippen molar-refractivity contribution in [3.8, 4) is 0 Å². The van der Waals surface area contributed by atoms with Gasteiger partial charge in [0.15, 0.2) is 0 Å². The minimum Gasteiger partial charge on any atom is -0.465 e. The van der Waals surface area contributed by atoms with Gasteiger partial charge in [-0.1, -0.05) is 0 Å². The van der Waals surface area contributed by atoms with Crippen molar-refractivity contribution in [3.05, 3.63) is 0 Å². The molecular weight excluding hydrogens is 134 g/mol. The number of hydrogen-bond acceptors (Lipinski definition) is 3. The van der Waals surface area contributed by atoms with Crippen molar-refractivity contribution < 1.29 is 9.53 Å². The third-order valence-electron chi connectivity index (χ3n) is 0.857. The average molecular weight is 144 g/mol. The van der Waals surface area contributed by atoms with Crippen LogP contribution >= 0.6 is 0 Å². The maximum absolute atomic E-state index is 10.7. The molecule has 0 aliphatic rings. The quantitative estimate of drug-likeness (QED) is 0.433. The Morgan fingerprint density at radius 2 is 2.44 bits per heavy atom. The van der Waals surface area contributed by atoms with E-state index in [1.54, 1.807) is 13.8 Å². The molecule has 0 unspecified atom stereocenters. The molecule has 9 heavy (non-hydrogen) atoms. The van der Waals surface area contributed by atoms with Crippen molar-refractivity contribution in [2.45, 2.75) is 19.9 Å². The number of carbonyl (C=O) groups excluding carboxylic acids is 1. The lowest BCUT2D eigenvalue weighted by molar-refractivity contribution is -0.144. The van der Waals surface area contributed by atoms with Gasteiger partial charge in [0.25, 0.3) is 0 Å². The van der Waals surface area contributed by atoms with Crippen molar-refractivity contribution in [3.63, 3.8) is 0 Å². The zero-order valence-electron chi connectivity index (χ0n) is 5.60. The van der Waals surface area contributed by atoms with Crippen LogP contribution in [-0.4, -0.2) is 29.0 Å². The molecule has 3 nitrogen and oxygen atoms in total. The van der Waals surface area contributed by atoms with Crippen molar-refractivity contribution in [1.82, 2.24) is 4.98 Å². The van der Waals surface area contributed by atoms with E-state index in [9.17, 15) is 4.79 Å². The monoisotopic (exact) mass is 144 g/mol. The number of hydrogen-bond donors (Lipinski definition) is 1. The summed E-state index contributed by atoms with van der Waals surface area (Å²) < 4.78 is 4.66. The van der Waals surface area contributed by atoms with Crippen LogP contribution in [0.2, 0.25) is 0 Å². The van der Waals surface area contributed by atoms with Gasteiger partial charge in [0.2, 0.25) is 0 Å². The molecule has 4 heteroatoms. The van der Waals surface area contributed by atoms with E-state index in [1.165, 1.54) is 0 Å². The smallest absolute Gasteiger partial charge is 0.322 e. The molecule has 0 heterocycles. The highest BCUT2D eigenvalue weighted by Gasteiger charge is 2.08. The molecule has 0 spiro atoms. The van der Waals surface area contributed by atoms with Crippen LogP contribution in [0, 0.1) is 0 Å². The van der Waals surface area contributed by atoms with Crippen LogP contribution in [0.4, 0.5) is 0 Å². The van der Waals surface area contributed by atoms with Gasteiger partial charge in [0.1, 0.15) is 10.4 Å². The number of nitrogens with one attached hydrogen (secondary N) is 1. The predicted molar refractivity (Wildman–Crippen MR) is 35.0 cm³/mol. The summed E-state index contributed by atoms with van der Waals surface area (Å²) >= 11 is 0. The van der Waals surface area contributed by atoms with E-state index in [0.717, 1.165) is 0 Å². The van der Waals surface area contributed by atoms with Gasteiger partial charge in [-0.25, -0.2) is 0 Å². The molecule has 1 N–H and O–H groups in total. The first kappa shape index (κ1) is 8.65. The summed E-state index contributed by atoms with van der Waals surface area (Å²) in [5.74, 6) is -0.243. The molecule has 0 amide bonds. The first-order chi connectivity index (χ1) is 4.22. The zero-order chi connectivity index (χ0) is 7.28. The molecular formula is C5H10NO2Si. The highest BCUT2D eigenvalue weighted by molar-refractivity contribution is 6.06. The van der Waals surface area contributed by atoms with Crippen LogP contribution in [0.3, 0.4) is 0 Å². The van der Waals surface area contributed by atoms with Crippen LogP contribution in [0.15, 0.2) is 0 Å². The molecule has 0 aromatic rings. The SMILES string of the molecule is CCOC(=O)[C@H](C)N[Si]. The van der Waals surface area contributed by atoms with E-state index in [-0.39, 0.29) is 12.0 Å². The van der Waals surface area contributed by atoms with Crippen LogP contribution in [-0.2, 0) is 9.53 Å². The van der Waals surface area contributed by atoms with E-state index in [4.69, 9.17) is 0 Å². The van der Waals surface area contributed by atoms with Gasteiger partial charge >= 0.3 is 5.97 Å². The molecule has 0 saturated carbocycles. The van der Waals surface area contributed by atoms with E-state index in [0.29, 0.717) is 6.61 Å². The van der Waals surface area contributed by atoms with E-state index in [1.807, 2.05) is 0 Å². The largest absolute Gasteiger partial charge is 0.465 e. The first-order valence-corrected chi connectivity index (χ1v) is 3.31. The number of rotatable bonds is 3. The van der Waals surface area contributed by atoms with Gasteiger partial charge in [0, 0.05) is 0 Å². The van der Waals surface area contributed by atoms with E-state index in [2.05, 4.69) is 20.1 Å². The Hall–Kier alpha value is -0.353. The molecule has 1 atom stereocenters. The minimum atomic E-state index is -0.276. The summed E-state index contributed by atoms with van der Waals surface area (Å²) in [6, 6.07) is -0.276. The van der Waals surface area contributed by atoms with Crippen LogP contribution < -0.4 is 4.98 Å². The summed E-state index contributed by atoms with van der Waals surface area (Å²) in [5.41, 5.74) is 0. The third-order valence-corrected chi connectivity index (χ3v) is 1.29. The van der Waals surface area contributed by atoms with E-state index < -0.39 is 0 Å². The van der Waals surface area contributed by atoms with Crippen LogP contribution in [0.1, 0.15) is 13.8 Å². The van der Waals surface area contributed by atoms with Gasteiger partial charge < -0.3 is 9.72 Å². The Balaban J connectivity index is 3.46. The lowest BCUT2D eigenvalue weighted by atomic mass is 10.4. The standard InChI is InChI=1S/C5H10NO2Si/c1-3-8-5(7)4(2)6-9/h4,6H,3H2,1-2H3/t4-/m0/s1. The first-order valence-electron chi connectivity index (χ1n) is 2.81. The Kier molecular flexibility index (Phi) is 4.34. The molecule has 0 fully saturated rings. The van der Waals surface area contributed by atoms with Gasteiger partial charge in [-0.3, -0.25) is 4.79 Å². The van der Waals surface area contributed by atoms with Crippen LogP contribution in [0.25, 0.3) is 0 Å². The van der Waals surface area contributed by atoms with E-state index >= 15 is 0 Å². The Morgan fingerprint density at radius 1 is 1.89 bits per heavy atom. The van der Waals surface area contributed by atoms with Crippen molar-refractivity contribution in [2.24, 2.45) is 0 Å². The minimum absolute atomic E-state index is 0.243. The van der Waals surface area contributed by atoms with Gasteiger partial charge in [-0.05, 0) is 13.8 Å². The van der Waals surface area contributed by atoms with Crippen molar-refractivity contribution in [1.29, 1.82) is 0 Å². The fourth-order valence-electron chi connectivity index (χ4n) is 0.326. The van der Waals surface area contributed by atoms with Crippen molar-refractivity contribution >= 4 is 16.4 Å². The third kappa shape index (κ3) is 3.26. The van der Waals surface area contributed by atoms with Crippen molar-refractivity contribution in [2.75, 3.05) is 6.61 Å². The Morgan fingerprint density at radius 3 is 2.78 bits per heavy atom. The molecule has 0 saturated heterocycles. The fraction of sp³-hybridized carbons (Fsp3) is 0.800. The molecule has 0 aliphatic carbocycles. The summed E-state index contributed by atoms with van der Waals surface area (Å²) in [5, 5.41) is 0. The number of carbonyl (C=O) groups is 1. The average Bonchev–Trinajstić information content (AvgIpc) is 1.87. The molecule has 0 aliphatic heterocycles. The maximum Gasteiger partial charge on any atom is 0.322 e. The van der Waals surface area contributed by atoms with Gasteiger partial charge in [-0.15, -0.1) is 0 Å². The second kappa shape index (κ2) is 4.52. The Labute approximate surface area is 58.3 Å². The molecule has 3 radical (unpaired) electrons. The second-order valence-corrected chi connectivity index (χ2v) is 1.91. The summed E-state index contributed by atoms with van der Waals surface area (Å²) in [7, 11) is 2.98. The molecule has 0 aromatic heterocycles. The summed E-state index contributed by atoms with van der Waals surface area (Å²) in [6.07, 6.45) is 0. The topological polar surface area (TPSA) is 38.3 Å². The summed E-state index contributed by atoms with van der Waals surface area (Å²) in [4.78, 5) is 13.2. The number of ether oxygens (including phenoxy) is 1. The maximum atomic E-state index is 10.7. The van der Waals surface area contributed by atoms with Gasteiger partial charge in [-0.2, -0.15) is 0 Å². The predicted octanol–water partition coefficient (Wildman–Crippen LogP) is -0.389. The normalized spacial score (nSPS) is 12.8.